The Hall–Kier alpha value is -2.04. The number of urea groups is 1. The summed E-state index contributed by atoms with van der Waals surface area (Å²) in [5, 5.41) is 12.9. The fraction of sp³-hybridized carbons (Fsp3) is 0.385. The van der Waals surface area contributed by atoms with E-state index in [1.54, 1.807) is 12.1 Å². The molecule has 18 heavy (non-hydrogen) atoms. The second kappa shape index (κ2) is 6.64. The summed E-state index contributed by atoms with van der Waals surface area (Å²) < 4.78 is 0. The first-order valence-corrected chi connectivity index (χ1v) is 6.04. The van der Waals surface area contributed by atoms with Gasteiger partial charge in [-0.05, 0) is 25.0 Å². The topological polar surface area (TPSA) is 91.0 Å². The summed E-state index contributed by atoms with van der Waals surface area (Å²) in [7, 11) is 0. The SMILES string of the molecule is CCCCNC(=O)Nc1cc(C(=N)N)ccc1C. The summed E-state index contributed by atoms with van der Waals surface area (Å²) in [6.07, 6.45) is 2.00. The van der Waals surface area contributed by atoms with Gasteiger partial charge >= 0.3 is 6.03 Å². The highest BCUT2D eigenvalue weighted by molar-refractivity contribution is 5.97. The summed E-state index contributed by atoms with van der Waals surface area (Å²) in [5.74, 6) is -0.00978. The van der Waals surface area contributed by atoms with Crippen molar-refractivity contribution in [3.8, 4) is 0 Å². The minimum atomic E-state index is -0.229. The second-order valence-corrected chi connectivity index (χ2v) is 4.18. The number of aryl methyl sites for hydroxylation is 1. The van der Waals surface area contributed by atoms with Crippen LogP contribution in [0.5, 0.6) is 0 Å². The molecule has 0 radical (unpaired) electrons. The van der Waals surface area contributed by atoms with Crippen molar-refractivity contribution in [2.24, 2.45) is 5.73 Å². The first kappa shape index (κ1) is 14.0. The van der Waals surface area contributed by atoms with Gasteiger partial charge in [0.2, 0.25) is 0 Å². The predicted octanol–water partition coefficient (Wildman–Crippen LogP) is 2.20. The van der Waals surface area contributed by atoms with Crippen LogP contribution in [0.15, 0.2) is 18.2 Å². The molecule has 0 fully saturated rings. The maximum atomic E-state index is 11.6. The molecule has 0 saturated heterocycles. The first-order valence-electron chi connectivity index (χ1n) is 6.04. The Kier molecular flexibility index (Phi) is 5.17. The maximum absolute atomic E-state index is 11.6. The Morgan fingerprint density at radius 3 is 2.78 bits per heavy atom. The number of nitrogen functional groups attached to an aromatic ring is 1. The van der Waals surface area contributed by atoms with Gasteiger partial charge in [0.15, 0.2) is 0 Å². The average Bonchev–Trinajstić information content (AvgIpc) is 2.32. The van der Waals surface area contributed by atoms with Gasteiger partial charge < -0.3 is 16.4 Å². The quantitative estimate of drug-likeness (QED) is 0.365. The molecule has 0 saturated carbocycles. The van der Waals surface area contributed by atoms with E-state index in [0.29, 0.717) is 17.8 Å². The van der Waals surface area contributed by atoms with Crippen LogP contribution in [0.3, 0.4) is 0 Å². The molecule has 0 unspecified atom stereocenters. The molecule has 0 heterocycles. The lowest BCUT2D eigenvalue weighted by Crippen LogP contribution is -2.29. The molecule has 5 heteroatoms. The normalized spacial score (nSPS) is 9.89. The molecule has 1 aromatic rings. The number of nitrogens with one attached hydrogen (secondary N) is 3. The van der Waals surface area contributed by atoms with Crippen molar-refractivity contribution >= 4 is 17.6 Å². The smallest absolute Gasteiger partial charge is 0.319 e. The fourth-order valence-electron chi connectivity index (χ4n) is 1.47. The van der Waals surface area contributed by atoms with Crippen LogP contribution >= 0.6 is 0 Å². The number of anilines is 1. The summed E-state index contributed by atoms with van der Waals surface area (Å²) >= 11 is 0. The molecular formula is C13H20N4O. The number of amides is 2. The average molecular weight is 248 g/mol. The van der Waals surface area contributed by atoms with Gasteiger partial charge in [-0.25, -0.2) is 4.79 Å². The number of rotatable bonds is 5. The zero-order valence-corrected chi connectivity index (χ0v) is 10.8. The molecule has 0 aliphatic heterocycles. The Balaban J connectivity index is 2.68. The molecular weight excluding hydrogens is 228 g/mol. The van der Waals surface area contributed by atoms with Crippen molar-refractivity contribution in [3.63, 3.8) is 0 Å². The monoisotopic (exact) mass is 248 g/mol. The van der Waals surface area contributed by atoms with Crippen LogP contribution in [0.25, 0.3) is 0 Å². The Labute approximate surface area is 107 Å². The molecule has 5 nitrogen and oxygen atoms in total. The number of carbonyl (C=O) groups excluding carboxylic acids is 1. The number of nitrogens with two attached hydrogens (primary N) is 1. The lowest BCUT2D eigenvalue weighted by molar-refractivity contribution is 0.252. The molecule has 98 valence electrons. The minimum absolute atomic E-state index is 0.00978. The number of unbranched alkanes of at least 4 members (excludes halogenated alkanes) is 1. The summed E-state index contributed by atoms with van der Waals surface area (Å²) in [6, 6.07) is 5.07. The van der Waals surface area contributed by atoms with Crippen molar-refractivity contribution in [3.05, 3.63) is 29.3 Å². The van der Waals surface area contributed by atoms with Crippen LogP contribution in [0.4, 0.5) is 10.5 Å². The number of hydrogen-bond donors (Lipinski definition) is 4. The largest absolute Gasteiger partial charge is 0.384 e. The van der Waals surface area contributed by atoms with E-state index in [9.17, 15) is 4.79 Å². The summed E-state index contributed by atoms with van der Waals surface area (Å²) in [6.45, 7) is 4.62. The lowest BCUT2D eigenvalue weighted by Gasteiger charge is -2.11. The van der Waals surface area contributed by atoms with Gasteiger partial charge in [-0.15, -0.1) is 0 Å². The number of amidine groups is 1. The van der Waals surface area contributed by atoms with E-state index in [1.165, 1.54) is 0 Å². The number of benzene rings is 1. The molecule has 0 aliphatic carbocycles. The standard InChI is InChI=1S/C13H20N4O/c1-3-4-7-16-13(18)17-11-8-10(12(14)15)6-5-9(11)2/h5-6,8H,3-4,7H2,1-2H3,(H3,14,15)(H2,16,17,18). The van der Waals surface area contributed by atoms with E-state index < -0.39 is 0 Å². The van der Waals surface area contributed by atoms with E-state index in [-0.39, 0.29) is 11.9 Å². The molecule has 0 aliphatic rings. The van der Waals surface area contributed by atoms with Crippen LogP contribution < -0.4 is 16.4 Å². The highest BCUT2D eigenvalue weighted by Gasteiger charge is 2.06. The first-order chi connectivity index (χ1) is 8.54. The van der Waals surface area contributed by atoms with E-state index in [2.05, 4.69) is 17.6 Å². The van der Waals surface area contributed by atoms with Gasteiger partial charge in [0, 0.05) is 17.8 Å². The molecule has 1 aromatic carbocycles. The zero-order valence-electron chi connectivity index (χ0n) is 10.8. The van der Waals surface area contributed by atoms with Crippen molar-refractivity contribution in [2.75, 3.05) is 11.9 Å². The Morgan fingerprint density at radius 1 is 1.44 bits per heavy atom. The molecule has 0 spiro atoms. The van der Waals surface area contributed by atoms with E-state index >= 15 is 0 Å². The number of hydrogen-bond acceptors (Lipinski definition) is 2. The Bertz CT molecular complexity index is 443. The predicted molar refractivity (Wildman–Crippen MR) is 74.1 cm³/mol. The third kappa shape index (κ3) is 4.08. The molecule has 0 atom stereocenters. The lowest BCUT2D eigenvalue weighted by atomic mass is 10.1. The second-order valence-electron chi connectivity index (χ2n) is 4.18. The van der Waals surface area contributed by atoms with Crippen LogP contribution in [0, 0.1) is 12.3 Å². The maximum Gasteiger partial charge on any atom is 0.319 e. The molecule has 2 amide bonds. The van der Waals surface area contributed by atoms with Crippen LogP contribution in [0.2, 0.25) is 0 Å². The van der Waals surface area contributed by atoms with Crippen molar-refractivity contribution in [1.82, 2.24) is 5.32 Å². The zero-order chi connectivity index (χ0) is 13.5. The van der Waals surface area contributed by atoms with Gasteiger partial charge in [0.05, 0.1) is 0 Å². The molecule has 0 aromatic heterocycles. The number of carbonyl (C=O) groups is 1. The highest BCUT2D eigenvalue weighted by atomic mass is 16.2. The summed E-state index contributed by atoms with van der Waals surface area (Å²) in [5.41, 5.74) is 7.63. The van der Waals surface area contributed by atoms with Gasteiger partial charge in [-0.2, -0.15) is 0 Å². The van der Waals surface area contributed by atoms with Crippen LogP contribution in [-0.4, -0.2) is 18.4 Å². The molecule has 1 rings (SSSR count). The molecule has 0 bridgehead atoms. The fourth-order valence-corrected chi connectivity index (χ4v) is 1.47. The highest BCUT2D eigenvalue weighted by Crippen LogP contribution is 2.16. The third-order valence-electron chi connectivity index (χ3n) is 2.61. The van der Waals surface area contributed by atoms with Crippen LogP contribution in [0.1, 0.15) is 30.9 Å². The van der Waals surface area contributed by atoms with E-state index in [1.807, 2.05) is 13.0 Å². The van der Waals surface area contributed by atoms with Crippen molar-refractivity contribution in [1.29, 1.82) is 5.41 Å². The van der Waals surface area contributed by atoms with Crippen molar-refractivity contribution < 1.29 is 4.79 Å². The Morgan fingerprint density at radius 2 is 2.17 bits per heavy atom. The van der Waals surface area contributed by atoms with Gasteiger partial charge in [-0.1, -0.05) is 25.5 Å². The third-order valence-corrected chi connectivity index (χ3v) is 2.61. The summed E-state index contributed by atoms with van der Waals surface area (Å²) in [4.78, 5) is 11.6. The van der Waals surface area contributed by atoms with Crippen LogP contribution in [-0.2, 0) is 0 Å². The van der Waals surface area contributed by atoms with Gasteiger partial charge in [0.1, 0.15) is 5.84 Å². The van der Waals surface area contributed by atoms with E-state index in [0.717, 1.165) is 18.4 Å². The van der Waals surface area contributed by atoms with Crippen molar-refractivity contribution in [2.45, 2.75) is 26.7 Å². The van der Waals surface area contributed by atoms with Gasteiger partial charge in [-0.3, -0.25) is 5.41 Å². The van der Waals surface area contributed by atoms with E-state index in [4.69, 9.17) is 11.1 Å². The molecule has 5 N–H and O–H groups in total. The van der Waals surface area contributed by atoms with Gasteiger partial charge in [0.25, 0.3) is 0 Å². The minimum Gasteiger partial charge on any atom is -0.384 e.